The van der Waals surface area contributed by atoms with E-state index in [2.05, 4.69) is 31.4 Å². The predicted molar refractivity (Wildman–Crippen MR) is 67.0 cm³/mol. The van der Waals surface area contributed by atoms with Gasteiger partial charge in [-0.05, 0) is 26.3 Å². The summed E-state index contributed by atoms with van der Waals surface area (Å²) in [6.45, 7) is 7.63. The molecule has 0 aromatic carbocycles. The van der Waals surface area contributed by atoms with Crippen LogP contribution in [0.15, 0.2) is 0 Å². The lowest BCUT2D eigenvalue weighted by Gasteiger charge is -2.17. The third-order valence-electron chi connectivity index (χ3n) is 2.49. The Balaban J connectivity index is 3.26. The number of unbranched alkanes of at least 4 members (excludes halogenated alkanes) is 2. The topological polar surface area (TPSA) is 53.5 Å². The van der Waals surface area contributed by atoms with Gasteiger partial charge in [0, 0.05) is 6.04 Å². The van der Waals surface area contributed by atoms with E-state index in [1.165, 1.54) is 12.8 Å². The van der Waals surface area contributed by atoms with Crippen LogP contribution in [0, 0.1) is 0 Å². The molecule has 4 heteroatoms. The molecule has 0 amide bonds. The summed E-state index contributed by atoms with van der Waals surface area (Å²) in [5, 5.41) is 15.5. The van der Waals surface area contributed by atoms with E-state index in [9.17, 15) is 5.11 Å². The first-order valence-corrected chi connectivity index (χ1v) is 6.47. The van der Waals surface area contributed by atoms with Crippen LogP contribution in [-0.4, -0.2) is 30.8 Å². The van der Waals surface area contributed by atoms with Crippen LogP contribution in [-0.2, 0) is 4.74 Å². The van der Waals surface area contributed by atoms with Gasteiger partial charge in [0.05, 0.1) is 0 Å². The molecule has 0 radical (unpaired) electrons. The minimum absolute atomic E-state index is 0.392. The third-order valence-corrected chi connectivity index (χ3v) is 2.49. The highest BCUT2D eigenvalue weighted by atomic mass is 16.6. The molecule has 0 aliphatic rings. The second kappa shape index (κ2) is 11.3. The van der Waals surface area contributed by atoms with Gasteiger partial charge >= 0.3 is 0 Å². The van der Waals surface area contributed by atoms with Crippen LogP contribution in [0.1, 0.15) is 52.9 Å². The highest BCUT2D eigenvalue weighted by Gasteiger charge is 2.03. The van der Waals surface area contributed by atoms with Crippen molar-refractivity contribution < 1.29 is 9.84 Å². The molecule has 0 aliphatic carbocycles. The third kappa shape index (κ3) is 10.4. The molecular formula is C12H28N2O2. The van der Waals surface area contributed by atoms with E-state index in [1.807, 2.05) is 0 Å². The molecule has 0 fully saturated rings. The number of aliphatic hydroxyl groups excluding tert-OH is 1. The number of rotatable bonds is 11. The molecule has 0 saturated carbocycles. The maximum absolute atomic E-state index is 9.42. The highest BCUT2D eigenvalue weighted by Crippen LogP contribution is 1.95. The Kier molecular flexibility index (Phi) is 11.2. The van der Waals surface area contributed by atoms with Gasteiger partial charge < -0.3 is 9.84 Å². The molecule has 98 valence electrons. The van der Waals surface area contributed by atoms with Crippen molar-refractivity contribution in [1.82, 2.24) is 10.6 Å². The Bertz CT molecular complexity index is 145. The van der Waals surface area contributed by atoms with Crippen molar-refractivity contribution >= 4 is 0 Å². The van der Waals surface area contributed by atoms with Crippen molar-refractivity contribution in [3.8, 4) is 0 Å². The molecule has 2 atom stereocenters. The molecule has 16 heavy (non-hydrogen) atoms. The smallest absolute Gasteiger partial charge is 0.214 e. The summed E-state index contributed by atoms with van der Waals surface area (Å²) in [6.07, 6.45) is 4.89. The van der Waals surface area contributed by atoms with Crippen LogP contribution < -0.4 is 10.6 Å². The van der Waals surface area contributed by atoms with Gasteiger partial charge in [0.1, 0.15) is 6.73 Å². The maximum atomic E-state index is 9.42. The largest absolute Gasteiger partial charge is 0.356 e. The first kappa shape index (κ1) is 15.8. The summed E-state index contributed by atoms with van der Waals surface area (Å²) in [5.74, 6) is 0. The Morgan fingerprint density at radius 1 is 1.12 bits per heavy atom. The Morgan fingerprint density at radius 3 is 2.50 bits per heavy atom. The SMILES string of the molecule is CCCCCNC(O)OCNC(C)CCC. The Labute approximate surface area is 99.8 Å². The van der Waals surface area contributed by atoms with E-state index < -0.39 is 6.41 Å². The monoisotopic (exact) mass is 232 g/mol. The van der Waals surface area contributed by atoms with E-state index in [1.54, 1.807) is 0 Å². The van der Waals surface area contributed by atoms with Crippen molar-refractivity contribution in [2.75, 3.05) is 13.3 Å². The first-order valence-electron chi connectivity index (χ1n) is 6.47. The lowest BCUT2D eigenvalue weighted by atomic mass is 10.2. The molecule has 4 nitrogen and oxygen atoms in total. The second-order valence-electron chi connectivity index (χ2n) is 4.22. The van der Waals surface area contributed by atoms with Crippen LogP contribution in [0.5, 0.6) is 0 Å². The van der Waals surface area contributed by atoms with Crippen molar-refractivity contribution in [3.63, 3.8) is 0 Å². The fourth-order valence-corrected chi connectivity index (χ4v) is 1.46. The van der Waals surface area contributed by atoms with E-state index in [0.29, 0.717) is 12.8 Å². The van der Waals surface area contributed by atoms with Crippen LogP contribution in [0.25, 0.3) is 0 Å². The van der Waals surface area contributed by atoms with Gasteiger partial charge in [0.25, 0.3) is 0 Å². The number of ether oxygens (including phenoxy) is 1. The van der Waals surface area contributed by atoms with Gasteiger partial charge in [-0.2, -0.15) is 0 Å². The van der Waals surface area contributed by atoms with Gasteiger partial charge in [-0.25, -0.2) is 0 Å². The average Bonchev–Trinajstić information content (AvgIpc) is 2.25. The molecule has 0 rings (SSSR count). The molecule has 0 heterocycles. The molecule has 0 aromatic rings. The Morgan fingerprint density at radius 2 is 1.88 bits per heavy atom. The van der Waals surface area contributed by atoms with Crippen LogP contribution in [0.2, 0.25) is 0 Å². The van der Waals surface area contributed by atoms with Gasteiger partial charge in [-0.3, -0.25) is 10.6 Å². The molecule has 0 spiro atoms. The Hall–Kier alpha value is -0.160. The van der Waals surface area contributed by atoms with Crippen LogP contribution in [0.4, 0.5) is 0 Å². The maximum Gasteiger partial charge on any atom is 0.214 e. The summed E-state index contributed by atoms with van der Waals surface area (Å²) in [4.78, 5) is 0. The van der Waals surface area contributed by atoms with E-state index in [0.717, 1.165) is 25.8 Å². The molecule has 0 aromatic heterocycles. The molecule has 0 aliphatic heterocycles. The zero-order valence-electron chi connectivity index (χ0n) is 11.0. The van der Waals surface area contributed by atoms with Gasteiger partial charge in [0.15, 0.2) is 0 Å². The molecular weight excluding hydrogens is 204 g/mol. The minimum Gasteiger partial charge on any atom is -0.356 e. The van der Waals surface area contributed by atoms with Gasteiger partial charge in [-0.15, -0.1) is 0 Å². The predicted octanol–water partition coefficient (Wildman–Crippen LogP) is 1.79. The zero-order chi connectivity index (χ0) is 12.2. The summed E-state index contributed by atoms with van der Waals surface area (Å²) in [7, 11) is 0. The van der Waals surface area contributed by atoms with Crippen LogP contribution >= 0.6 is 0 Å². The molecule has 2 unspecified atom stereocenters. The highest BCUT2D eigenvalue weighted by molar-refractivity contribution is 4.55. The first-order chi connectivity index (χ1) is 7.70. The summed E-state index contributed by atoms with van der Waals surface area (Å²) >= 11 is 0. The summed E-state index contributed by atoms with van der Waals surface area (Å²) in [6, 6.07) is 0.442. The average molecular weight is 232 g/mol. The molecule has 3 N–H and O–H groups in total. The number of hydrogen-bond donors (Lipinski definition) is 3. The quantitative estimate of drug-likeness (QED) is 0.375. The lowest BCUT2D eigenvalue weighted by molar-refractivity contribution is -0.126. The van der Waals surface area contributed by atoms with Gasteiger partial charge in [0.2, 0.25) is 6.41 Å². The lowest BCUT2D eigenvalue weighted by Crippen LogP contribution is -2.37. The van der Waals surface area contributed by atoms with E-state index in [4.69, 9.17) is 4.74 Å². The number of hydrogen-bond acceptors (Lipinski definition) is 4. The van der Waals surface area contributed by atoms with Crippen molar-refractivity contribution in [2.45, 2.75) is 65.3 Å². The van der Waals surface area contributed by atoms with Crippen molar-refractivity contribution in [1.29, 1.82) is 0 Å². The fourth-order valence-electron chi connectivity index (χ4n) is 1.46. The standard InChI is InChI=1S/C12H28N2O2/c1-4-6-7-9-13-12(15)16-10-14-11(3)8-5-2/h11-15H,4-10H2,1-3H3. The summed E-state index contributed by atoms with van der Waals surface area (Å²) < 4.78 is 5.17. The summed E-state index contributed by atoms with van der Waals surface area (Å²) in [5.41, 5.74) is 0. The van der Waals surface area contributed by atoms with E-state index in [-0.39, 0.29) is 0 Å². The molecule has 0 saturated heterocycles. The minimum atomic E-state index is -0.849. The number of nitrogens with one attached hydrogen (secondary N) is 2. The van der Waals surface area contributed by atoms with Crippen molar-refractivity contribution in [3.05, 3.63) is 0 Å². The van der Waals surface area contributed by atoms with E-state index >= 15 is 0 Å². The zero-order valence-corrected chi connectivity index (χ0v) is 11.0. The second-order valence-corrected chi connectivity index (χ2v) is 4.22. The van der Waals surface area contributed by atoms with Gasteiger partial charge in [-0.1, -0.05) is 33.1 Å². The fraction of sp³-hybridized carbons (Fsp3) is 1.00. The molecule has 0 bridgehead atoms. The number of aliphatic hydroxyl groups is 1. The van der Waals surface area contributed by atoms with Crippen LogP contribution in [0.3, 0.4) is 0 Å². The normalized spacial score (nSPS) is 15.0. The van der Waals surface area contributed by atoms with Crippen molar-refractivity contribution in [2.24, 2.45) is 0 Å².